The predicted molar refractivity (Wildman–Crippen MR) is 79.6 cm³/mol. The van der Waals surface area contributed by atoms with Gasteiger partial charge in [0, 0.05) is 10.4 Å². The number of ether oxygens (including phenoxy) is 1. The maximum absolute atomic E-state index is 12.4. The quantitative estimate of drug-likeness (QED) is 0.531. The lowest BCUT2D eigenvalue weighted by molar-refractivity contribution is 0.0928. The number of hydrogen-bond acceptors (Lipinski definition) is 3. The van der Waals surface area contributed by atoms with E-state index >= 15 is 0 Å². The molecule has 1 fully saturated rings. The van der Waals surface area contributed by atoms with Gasteiger partial charge in [-0.15, -0.1) is 0 Å². The second kappa shape index (κ2) is 4.72. The minimum absolute atomic E-state index is 0.119. The molecule has 0 spiro atoms. The van der Waals surface area contributed by atoms with E-state index in [4.69, 9.17) is 20.8 Å². The molecule has 2 aromatic carbocycles. The highest BCUT2D eigenvalue weighted by molar-refractivity contribution is 6.30. The van der Waals surface area contributed by atoms with Crippen LogP contribution in [0.25, 0.3) is 11.0 Å². The van der Waals surface area contributed by atoms with Gasteiger partial charge in [0.1, 0.15) is 11.7 Å². The Morgan fingerprint density at radius 2 is 1.81 bits per heavy atom. The number of benzene rings is 2. The van der Waals surface area contributed by atoms with Crippen LogP contribution in [0.15, 0.2) is 59.0 Å². The molecule has 0 radical (unpaired) electrons. The molecule has 0 amide bonds. The van der Waals surface area contributed by atoms with Gasteiger partial charge < -0.3 is 9.15 Å². The first-order valence-corrected chi connectivity index (χ1v) is 7.04. The molecule has 4 rings (SSSR count). The van der Waals surface area contributed by atoms with E-state index in [1.165, 1.54) is 0 Å². The van der Waals surface area contributed by atoms with Crippen molar-refractivity contribution in [3.8, 4) is 0 Å². The normalized spacial score (nSPS) is 20.6. The Kier molecular flexibility index (Phi) is 2.84. The summed E-state index contributed by atoms with van der Waals surface area (Å²) in [7, 11) is 0. The lowest BCUT2D eigenvalue weighted by Gasteiger charge is -1.95. The summed E-state index contributed by atoms with van der Waals surface area (Å²) in [6, 6.07) is 16.6. The van der Waals surface area contributed by atoms with E-state index in [0.29, 0.717) is 16.4 Å². The molecule has 1 aromatic heterocycles. The Bertz CT molecular complexity index is 786. The largest absolute Gasteiger partial charge is 0.453 e. The minimum Gasteiger partial charge on any atom is -0.453 e. The van der Waals surface area contributed by atoms with Crippen LogP contribution >= 0.6 is 11.6 Å². The molecule has 0 aliphatic carbocycles. The Hall–Kier alpha value is -2.10. The highest BCUT2D eigenvalue weighted by atomic mass is 35.5. The number of halogens is 1. The first-order valence-electron chi connectivity index (χ1n) is 6.66. The lowest BCUT2D eigenvalue weighted by atomic mass is 10.1. The standard InChI is InChI=1S/C17H11ClO3/c18-12-7-5-10(6-8-12)16-17(21-16)15(19)14-9-11-3-1-2-4-13(11)20-14/h1-9,16-17H. The molecule has 2 heterocycles. The van der Waals surface area contributed by atoms with E-state index in [1.807, 2.05) is 36.4 Å². The molecule has 0 N–H and O–H groups in total. The van der Waals surface area contributed by atoms with E-state index in [0.717, 1.165) is 10.9 Å². The number of ketones is 1. The van der Waals surface area contributed by atoms with Crippen molar-refractivity contribution in [1.29, 1.82) is 0 Å². The monoisotopic (exact) mass is 298 g/mol. The zero-order valence-electron chi connectivity index (χ0n) is 11.0. The van der Waals surface area contributed by atoms with E-state index < -0.39 is 6.10 Å². The van der Waals surface area contributed by atoms with Crippen molar-refractivity contribution in [2.24, 2.45) is 0 Å². The summed E-state index contributed by atoms with van der Waals surface area (Å²) in [5, 5.41) is 1.59. The summed E-state index contributed by atoms with van der Waals surface area (Å²) in [5.41, 5.74) is 1.67. The lowest BCUT2D eigenvalue weighted by Crippen LogP contribution is -2.06. The fourth-order valence-corrected chi connectivity index (χ4v) is 2.59. The summed E-state index contributed by atoms with van der Waals surface area (Å²) >= 11 is 5.85. The smallest absolute Gasteiger partial charge is 0.229 e. The van der Waals surface area contributed by atoms with Gasteiger partial charge in [-0.25, -0.2) is 0 Å². The van der Waals surface area contributed by atoms with E-state index in [9.17, 15) is 4.79 Å². The van der Waals surface area contributed by atoms with Gasteiger partial charge in [0.15, 0.2) is 11.9 Å². The average Bonchev–Trinajstić information content (AvgIpc) is 3.18. The Labute approximate surface area is 126 Å². The fraction of sp³-hybridized carbons (Fsp3) is 0.118. The van der Waals surface area contributed by atoms with Crippen molar-refractivity contribution >= 4 is 28.4 Å². The van der Waals surface area contributed by atoms with Crippen molar-refractivity contribution in [3.05, 3.63) is 70.9 Å². The second-order valence-electron chi connectivity index (χ2n) is 5.04. The third kappa shape index (κ3) is 2.24. The summed E-state index contributed by atoms with van der Waals surface area (Å²) < 4.78 is 11.1. The number of carbonyl (C=O) groups is 1. The van der Waals surface area contributed by atoms with Crippen LogP contribution in [0.1, 0.15) is 22.2 Å². The minimum atomic E-state index is -0.466. The molecule has 2 atom stereocenters. The number of fused-ring (bicyclic) bond motifs is 1. The van der Waals surface area contributed by atoms with Crippen molar-refractivity contribution in [2.45, 2.75) is 12.2 Å². The zero-order valence-corrected chi connectivity index (χ0v) is 11.7. The maximum Gasteiger partial charge on any atom is 0.229 e. The number of rotatable bonds is 3. The van der Waals surface area contributed by atoms with Crippen LogP contribution in [-0.2, 0) is 4.74 Å². The third-order valence-corrected chi connectivity index (χ3v) is 3.87. The molecular weight excluding hydrogens is 288 g/mol. The van der Waals surface area contributed by atoms with Crippen LogP contribution < -0.4 is 0 Å². The fourth-order valence-electron chi connectivity index (χ4n) is 2.46. The summed E-state index contributed by atoms with van der Waals surface area (Å²) in [4.78, 5) is 12.4. The van der Waals surface area contributed by atoms with Gasteiger partial charge in [-0.1, -0.05) is 41.9 Å². The van der Waals surface area contributed by atoms with Crippen LogP contribution in [0.5, 0.6) is 0 Å². The molecule has 1 saturated heterocycles. The van der Waals surface area contributed by atoms with Crippen LogP contribution in [-0.4, -0.2) is 11.9 Å². The van der Waals surface area contributed by atoms with Gasteiger partial charge in [-0.05, 0) is 29.8 Å². The summed E-state index contributed by atoms with van der Waals surface area (Å²) in [5.74, 6) is 0.226. The second-order valence-corrected chi connectivity index (χ2v) is 5.48. The molecule has 2 unspecified atom stereocenters. The van der Waals surface area contributed by atoms with Crippen molar-refractivity contribution in [2.75, 3.05) is 0 Å². The van der Waals surface area contributed by atoms with Gasteiger partial charge in [0.05, 0.1) is 0 Å². The molecular formula is C17H11ClO3. The highest BCUT2D eigenvalue weighted by Crippen LogP contribution is 2.41. The maximum atomic E-state index is 12.4. The van der Waals surface area contributed by atoms with Gasteiger partial charge in [-0.3, -0.25) is 4.79 Å². The molecule has 0 bridgehead atoms. The van der Waals surface area contributed by atoms with Crippen LogP contribution in [0, 0.1) is 0 Å². The number of hydrogen-bond donors (Lipinski definition) is 0. The predicted octanol–water partition coefficient (Wildman–Crippen LogP) is 4.41. The molecule has 21 heavy (non-hydrogen) atoms. The SMILES string of the molecule is O=C(c1cc2ccccc2o1)C1OC1c1ccc(Cl)cc1. The van der Waals surface area contributed by atoms with Crippen LogP contribution in [0.2, 0.25) is 5.02 Å². The number of carbonyl (C=O) groups excluding carboxylic acids is 1. The van der Waals surface area contributed by atoms with Crippen LogP contribution in [0.3, 0.4) is 0 Å². The molecule has 3 aromatic rings. The van der Waals surface area contributed by atoms with Crippen LogP contribution in [0.4, 0.5) is 0 Å². The Balaban J connectivity index is 1.57. The van der Waals surface area contributed by atoms with Crippen molar-refractivity contribution in [1.82, 2.24) is 0 Å². The van der Waals surface area contributed by atoms with Crippen molar-refractivity contribution in [3.63, 3.8) is 0 Å². The molecule has 4 heteroatoms. The Morgan fingerprint density at radius 1 is 1.05 bits per heavy atom. The van der Waals surface area contributed by atoms with E-state index in [2.05, 4.69) is 0 Å². The molecule has 0 saturated carbocycles. The first-order chi connectivity index (χ1) is 10.2. The molecule has 104 valence electrons. The number of para-hydroxylation sites is 1. The number of furan rings is 1. The van der Waals surface area contributed by atoms with Gasteiger partial charge in [-0.2, -0.15) is 0 Å². The topological polar surface area (TPSA) is 42.7 Å². The van der Waals surface area contributed by atoms with Gasteiger partial charge in [0.2, 0.25) is 5.78 Å². The number of epoxide rings is 1. The zero-order chi connectivity index (χ0) is 14.4. The number of Topliss-reactive ketones (excluding diaryl/α,β-unsaturated/α-hetero) is 1. The highest BCUT2D eigenvalue weighted by Gasteiger charge is 2.47. The van der Waals surface area contributed by atoms with Crippen molar-refractivity contribution < 1.29 is 13.9 Å². The van der Waals surface area contributed by atoms with Gasteiger partial charge in [0.25, 0.3) is 0 Å². The van der Waals surface area contributed by atoms with Gasteiger partial charge >= 0.3 is 0 Å². The summed E-state index contributed by atoms with van der Waals surface area (Å²) in [6.45, 7) is 0. The summed E-state index contributed by atoms with van der Waals surface area (Å²) in [6.07, 6.45) is -0.672. The van der Waals surface area contributed by atoms with E-state index in [-0.39, 0.29) is 11.9 Å². The van der Waals surface area contributed by atoms with E-state index in [1.54, 1.807) is 18.2 Å². The Morgan fingerprint density at radius 3 is 2.57 bits per heavy atom. The first kappa shape index (κ1) is 12.6. The molecule has 3 nitrogen and oxygen atoms in total. The third-order valence-electron chi connectivity index (χ3n) is 3.62. The molecule has 1 aliphatic heterocycles. The molecule has 1 aliphatic rings. The average molecular weight is 299 g/mol.